The number of hydrogen-bond donors (Lipinski definition) is 1. The molecular weight excluding hydrogens is 412 g/mol. The molecule has 170 valence electrons. The molecule has 1 fully saturated rings. The molecule has 2 aromatic rings. The van der Waals surface area contributed by atoms with Crippen LogP contribution in [0.1, 0.15) is 17.5 Å². The van der Waals surface area contributed by atoms with Gasteiger partial charge in [-0.1, -0.05) is 30.3 Å². The summed E-state index contributed by atoms with van der Waals surface area (Å²) in [6.45, 7) is 4.54. The van der Waals surface area contributed by atoms with E-state index in [0.717, 1.165) is 11.1 Å². The maximum atomic E-state index is 12.8. The van der Waals surface area contributed by atoms with E-state index in [1.807, 2.05) is 44.2 Å². The van der Waals surface area contributed by atoms with Crippen LogP contribution < -0.4 is 14.8 Å². The van der Waals surface area contributed by atoms with E-state index < -0.39 is 12.0 Å². The van der Waals surface area contributed by atoms with Gasteiger partial charge in [-0.15, -0.1) is 0 Å². The van der Waals surface area contributed by atoms with E-state index in [-0.39, 0.29) is 38.1 Å². The van der Waals surface area contributed by atoms with Gasteiger partial charge < -0.3 is 24.4 Å². The number of carbonyl (C=O) groups is 3. The molecule has 1 atom stereocenters. The predicted octanol–water partition coefficient (Wildman–Crippen LogP) is 2.02. The van der Waals surface area contributed by atoms with Crippen molar-refractivity contribution in [3.05, 3.63) is 59.7 Å². The van der Waals surface area contributed by atoms with Crippen molar-refractivity contribution in [3.63, 3.8) is 0 Å². The van der Waals surface area contributed by atoms with Crippen molar-refractivity contribution in [2.75, 3.05) is 32.9 Å². The summed E-state index contributed by atoms with van der Waals surface area (Å²) in [5.74, 6) is -0.0123. The minimum absolute atomic E-state index is 0.0474. The molecule has 3 rings (SSSR count). The zero-order valence-corrected chi connectivity index (χ0v) is 18.3. The van der Waals surface area contributed by atoms with Crippen LogP contribution in [0.2, 0.25) is 0 Å². The number of esters is 1. The van der Waals surface area contributed by atoms with E-state index in [9.17, 15) is 14.4 Å². The number of aryl methyl sites for hydroxylation is 1. The first-order valence-corrected chi connectivity index (χ1v) is 10.6. The zero-order valence-electron chi connectivity index (χ0n) is 18.3. The SMILES string of the molecule is Cc1cccc(OCC(=O)N2CCNC(=O)C2CC(=O)OCCOc2ccccc2)c1C. The van der Waals surface area contributed by atoms with Gasteiger partial charge in [-0.3, -0.25) is 14.4 Å². The van der Waals surface area contributed by atoms with Crippen molar-refractivity contribution in [2.45, 2.75) is 26.3 Å². The number of nitrogens with one attached hydrogen (secondary N) is 1. The molecule has 0 spiro atoms. The largest absolute Gasteiger partial charge is 0.490 e. The average molecular weight is 440 g/mol. The summed E-state index contributed by atoms with van der Waals surface area (Å²) in [4.78, 5) is 38.8. The van der Waals surface area contributed by atoms with Crippen molar-refractivity contribution in [1.29, 1.82) is 0 Å². The Bertz CT molecular complexity index is 947. The molecule has 32 heavy (non-hydrogen) atoms. The summed E-state index contributed by atoms with van der Waals surface area (Å²) in [6.07, 6.45) is -0.230. The lowest BCUT2D eigenvalue weighted by Gasteiger charge is -2.34. The molecule has 1 heterocycles. The number of hydrogen-bond acceptors (Lipinski definition) is 6. The van der Waals surface area contributed by atoms with Crippen molar-refractivity contribution < 1.29 is 28.6 Å². The molecule has 0 bridgehead atoms. The predicted molar refractivity (Wildman–Crippen MR) is 117 cm³/mol. The third kappa shape index (κ3) is 6.23. The molecule has 0 radical (unpaired) electrons. The first-order valence-electron chi connectivity index (χ1n) is 10.6. The molecular formula is C24H28N2O6. The number of piperazine rings is 1. The van der Waals surface area contributed by atoms with Crippen LogP contribution in [-0.4, -0.2) is 61.6 Å². The summed E-state index contributed by atoms with van der Waals surface area (Å²) in [7, 11) is 0. The number of rotatable bonds is 9. The summed E-state index contributed by atoms with van der Waals surface area (Å²) in [5, 5.41) is 2.70. The second-order valence-electron chi connectivity index (χ2n) is 7.47. The van der Waals surface area contributed by atoms with Crippen LogP contribution >= 0.6 is 0 Å². The Labute approximate surface area is 187 Å². The Balaban J connectivity index is 1.50. The summed E-state index contributed by atoms with van der Waals surface area (Å²) in [6, 6.07) is 13.9. The molecule has 1 N–H and O–H groups in total. The van der Waals surface area contributed by atoms with E-state index in [1.54, 1.807) is 18.2 Å². The number of nitrogens with zero attached hydrogens (tertiary/aromatic N) is 1. The van der Waals surface area contributed by atoms with E-state index in [2.05, 4.69) is 5.32 Å². The Kier molecular flexibility index (Phi) is 8.08. The Morgan fingerprint density at radius 2 is 1.81 bits per heavy atom. The molecule has 0 aliphatic carbocycles. The number of carbonyl (C=O) groups excluding carboxylic acids is 3. The molecule has 0 aromatic heterocycles. The van der Waals surface area contributed by atoms with Gasteiger partial charge in [-0.05, 0) is 43.2 Å². The molecule has 2 aromatic carbocycles. The molecule has 1 aliphatic heterocycles. The maximum absolute atomic E-state index is 12.8. The number of benzene rings is 2. The molecule has 8 heteroatoms. The van der Waals surface area contributed by atoms with Crippen LogP contribution in [0, 0.1) is 13.8 Å². The normalized spacial score (nSPS) is 15.6. The maximum Gasteiger partial charge on any atom is 0.308 e. The van der Waals surface area contributed by atoms with E-state index in [4.69, 9.17) is 14.2 Å². The minimum Gasteiger partial charge on any atom is -0.490 e. The molecule has 1 saturated heterocycles. The number of para-hydroxylation sites is 1. The summed E-state index contributed by atoms with van der Waals surface area (Å²) >= 11 is 0. The van der Waals surface area contributed by atoms with Gasteiger partial charge in [0.15, 0.2) is 6.61 Å². The first kappa shape index (κ1) is 23.1. The zero-order chi connectivity index (χ0) is 22.9. The van der Waals surface area contributed by atoms with Crippen LogP contribution in [0.3, 0.4) is 0 Å². The highest BCUT2D eigenvalue weighted by molar-refractivity contribution is 5.92. The highest BCUT2D eigenvalue weighted by Crippen LogP contribution is 2.21. The minimum atomic E-state index is -0.930. The number of ether oxygens (including phenoxy) is 3. The van der Waals surface area contributed by atoms with Crippen molar-refractivity contribution in [2.24, 2.45) is 0 Å². The lowest BCUT2D eigenvalue weighted by atomic mass is 10.1. The van der Waals surface area contributed by atoms with E-state index in [1.165, 1.54) is 4.90 Å². The fraction of sp³-hybridized carbons (Fsp3) is 0.375. The first-order chi connectivity index (χ1) is 15.5. The van der Waals surface area contributed by atoms with Gasteiger partial charge in [-0.2, -0.15) is 0 Å². The third-order valence-corrected chi connectivity index (χ3v) is 5.28. The van der Waals surface area contributed by atoms with Crippen molar-refractivity contribution in [3.8, 4) is 11.5 Å². The lowest BCUT2D eigenvalue weighted by molar-refractivity contribution is -0.152. The molecule has 1 aliphatic rings. The highest BCUT2D eigenvalue weighted by Gasteiger charge is 2.35. The van der Waals surface area contributed by atoms with Crippen LogP contribution in [0.25, 0.3) is 0 Å². The van der Waals surface area contributed by atoms with Gasteiger partial charge in [-0.25, -0.2) is 0 Å². The van der Waals surface area contributed by atoms with Gasteiger partial charge in [0.1, 0.15) is 30.8 Å². The third-order valence-electron chi connectivity index (χ3n) is 5.28. The van der Waals surface area contributed by atoms with Crippen molar-refractivity contribution in [1.82, 2.24) is 10.2 Å². The highest BCUT2D eigenvalue weighted by atomic mass is 16.6. The number of amides is 2. The quantitative estimate of drug-likeness (QED) is 0.474. The Morgan fingerprint density at radius 3 is 2.59 bits per heavy atom. The second kappa shape index (κ2) is 11.2. The summed E-state index contributed by atoms with van der Waals surface area (Å²) in [5.41, 5.74) is 2.01. The van der Waals surface area contributed by atoms with Crippen LogP contribution in [0.5, 0.6) is 11.5 Å². The Hall–Kier alpha value is -3.55. The van der Waals surface area contributed by atoms with Gasteiger partial charge >= 0.3 is 5.97 Å². The van der Waals surface area contributed by atoms with Crippen molar-refractivity contribution >= 4 is 17.8 Å². The van der Waals surface area contributed by atoms with E-state index in [0.29, 0.717) is 24.6 Å². The topological polar surface area (TPSA) is 94.2 Å². The lowest BCUT2D eigenvalue weighted by Crippen LogP contribution is -2.58. The smallest absolute Gasteiger partial charge is 0.308 e. The van der Waals surface area contributed by atoms with Gasteiger partial charge in [0, 0.05) is 13.1 Å². The van der Waals surface area contributed by atoms with Crippen LogP contribution in [-0.2, 0) is 19.1 Å². The average Bonchev–Trinajstić information content (AvgIpc) is 2.79. The van der Waals surface area contributed by atoms with Gasteiger partial charge in [0.25, 0.3) is 5.91 Å². The molecule has 8 nitrogen and oxygen atoms in total. The van der Waals surface area contributed by atoms with Gasteiger partial charge in [0.2, 0.25) is 5.91 Å². The van der Waals surface area contributed by atoms with Crippen LogP contribution in [0.15, 0.2) is 48.5 Å². The Morgan fingerprint density at radius 1 is 1.03 bits per heavy atom. The molecule has 0 saturated carbocycles. The summed E-state index contributed by atoms with van der Waals surface area (Å²) < 4.78 is 16.4. The molecule has 2 amide bonds. The fourth-order valence-electron chi connectivity index (χ4n) is 3.37. The second-order valence-corrected chi connectivity index (χ2v) is 7.47. The van der Waals surface area contributed by atoms with Crippen LogP contribution in [0.4, 0.5) is 0 Å². The molecule has 1 unspecified atom stereocenters. The van der Waals surface area contributed by atoms with E-state index >= 15 is 0 Å². The fourth-order valence-corrected chi connectivity index (χ4v) is 3.37. The monoisotopic (exact) mass is 440 g/mol. The van der Waals surface area contributed by atoms with Gasteiger partial charge in [0.05, 0.1) is 6.42 Å². The standard InChI is InChI=1S/C24H28N2O6/c1-17-7-6-10-21(18(17)2)32-16-22(27)26-12-11-25-24(29)20(26)15-23(28)31-14-13-30-19-8-4-3-5-9-19/h3-10,20H,11-16H2,1-2H3,(H,25,29).